The van der Waals surface area contributed by atoms with Gasteiger partial charge in [-0.1, -0.05) is 57.2 Å². The van der Waals surface area contributed by atoms with Crippen molar-refractivity contribution in [2.24, 2.45) is 5.92 Å². The van der Waals surface area contributed by atoms with Crippen LogP contribution < -0.4 is 0 Å². The monoisotopic (exact) mass is 408 g/mol. The first-order chi connectivity index (χ1) is 14.5. The zero-order valence-electron chi connectivity index (χ0n) is 18.9. The molecule has 2 aliphatic heterocycles. The Morgan fingerprint density at radius 3 is 2.07 bits per heavy atom. The van der Waals surface area contributed by atoms with E-state index >= 15 is 0 Å². The third-order valence-corrected chi connectivity index (χ3v) is 7.43. The predicted molar refractivity (Wildman–Crippen MR) is 121 cm³/mol. The molecule has 1 saturated heterocycles. The third-order valence-electron chi connectivity index (χ3n) is 7.43. The van der Waals surface area contributed by atoms with Crippen LogP contribution in [0, 0.1) is 19.8 Å². The van der Waals surface area contributed by atoms with Crippen LogP contribution in [0.25, 0.3) is 5.57 Å². The summed E-state index contributed by atoms with van der Waals surface area (Å²) < 4.78 is 0. The SMILES string of the molecule is Cc1ccc(C2=C(N3CCC(C)CC3)C(=O)N(C3CCCCCCC3)C2=O)cc1C. The van der Waals surface area contributed by atoms with Gasteiger partial charge in [-0.05, 0) is 62.1 Å². The van der Waals surface area contributed by atoms with E-state index in [1.165, 1.54) is 24.8 Å². The van der Waals surface area contributed by atoms with Gasteiger partial charge in [-0.25, -0.2) is 0 Å². The maximum absolute atomic E-state index is 13.7. The standard InChI is InChI=1S/C26H36N2O2/c1-18-13-15-27(16-14-18)24-23(21-12-11-19(2)20(3)17-21)25(29)28(26(24)30)22-9-7-5-4-6-8-10-22/h11-12,17-18,22H,4-10,13-16H2,1-3H3. The summed E-state index contributed by atoms with van der Waals surface area (Å²) in [5.41, 5.74) is 4.58. The molecule has 2 fully saturated rings. The number of nitrogens with zero attached hydrogens (tertiary/aromatic N) is 2. The van der Waals surface area contributed by atoms with Crippen molar-refractivity contribution in [1.29, 1.82) is 0 Å². The molecule has 4 heteroatoms. The number of aryl methyl sites for hydroxylation is 2. The molecule has 4 nitrogen and oxygen atoms in total. The highest BCUT2D eigenvalue weighted by Gasteiger charge is 2.45. The lowest BCUT2D eigenvalue weighted by Gasteiger charge is -2.33. The van der Waals surface area contributed by atoms with Crippen molar-refractivity contribution in [2.75, 3.05) is 13.1 Å². The Morgan fingerprint density at radius 1 is 0.800 bits per heavy atom. The Morgan fingerprint density at radius 2 is 1.43 bits per heavy atom. The molecule has 1 aromatic carbocycles. The van der Waals surface area contributed by atoms with E-state index in [4.69, 9.17) is 0 Å². The second kappa shape index (κ2) is 8.95. The summed E-state index contributed by atoms with van der Waals surface area (Å²) in [6.45, 7) is 8.17. The van der Waals surface area contributed by atoms with E-state index in [9.17, 15) is 9.59 Å². The Bertz CT molecular complexity index is 841. The van der Waals surface area contributed by atoms with E-state index in [1.807, 2.05) is 6.07 Å². The summed E-state index contributed by atoms with van der Waals surface area (Å²) in [6.07, 6.45) is 9.96. The van der Waals surface area contributed by atoms with Gasteiger partial charge in [-0.2, -0.15) is 0 Å². The Hall–Kier alpha value is -2.10. The average molecular weight is 409 g/mol. The first-order valence-electron chi connectivity index (χ1n) is 11.9. The summed E-state index contributed by atoms with van der Waals surface area (Å²) in [5.74, 6) is 0.566. The third kappa shape index (κ3) is 4.06. The van der Waals surface area contributed by atoms with Crippen molar-refractivity contribution >= 4 is 17.4 Å². The molecule has 0 aromatic heterocycles. The number of carbonyl (C=O) groups is 2. The van der Waals surface area contributed by atoms with E-state index in [0.717, 1.165) is 62.7 Å². The molecule has 0 N–H and O–H groups in total. The molecular formula is C26H36N2O2. The number of benzene rings is 1. The van der Waals surface area contributed by atoms with E-state index in [1.54, 1.807) is 4.90 Å². The molecule has 0 bridgehead atoms. The highest BCUT2D eigenvalue weighted by atomic mass is 16.2. The van der Waals surface area contributed by atoms with Gasteiger partial charge in [0.2, 0.25) is 0 Å². The van der Waals surface area contributed by atoms with Crippen LogP contribution in [-0.4, -0.2) is 40.7 Å². The quantitative estimate of drug-likeness (QED) is 0.643. The van der Waals surface area contributed by atoms with E-state index in [2.05, 4.69) is 37.8 Å². The Labute approximate surface area is 181 Å². The van der Waals surface area contributed by atoms with Gasteiger partial charge >= 0.3 is 0 Å². The maximum Gasteiger partial charge on any atom is 0.278 e. The van der Waals surface area contributed by atoms with Gasteiger partial charge in [0.15, 0.2) is 0 Å². The second-order valence-corrected chi connectivity index (χ2v) is 9.67. The van der Waals surface area contributed by atoms with Crippen LogP contribution in [0.1, 0.15) is 81.4 Å². The molecule has 2 amide bonds. The zero-order chi connectivity index (χ0) is 21.3. The summed E-state index contributed by atoms with van der Waals surface area (Å²) in [6, 6.07) is 6.23. The van der Waals surface area contributed by atoms with Crippen molar-refractivity contribution in [3.63, 3.8) is 0 Å². The van der Waals surface area contributed by atoms with Crippen molar-refractivity contribution in [2.45, 2.75) is 84.6 Å². The van der Waals surface area contributed by atoms with E-state index < -0.39 is 0 Å². The fourth-order valence-corrected chi connectivity index (χ4v) is 5.24. The van der Waals surface area contributed by atoms with Gasteiger partial charge in [0.25, 0.3) is 11.8 Å². The molecule has 4 rings (SSSR count). The number of amides is 2. The minimum Gasteiger partial charge on any atom is -0.366 e. The van der Waals surface area contributed by atoms with Gasteiger partial charge in [0.05, 0.1) is 5.57 Å². The van der Waals surface area contributed by atoms with E-state index in [-0.39, 0.29) is 17.9 Å². The van der Waals surface area contributed by atoms with Crippen LogP contribution in [0.2, 0.25) is 0 Å². The topological polar surface area (TPSA) is 40.6 Å². The van der Waals surface area contributed by atoms with Crippen LogP contribution in [0.15, 0.2) is 23.9 Å². The van der Waals surface area contributed by atoms with Gasteiger partial charge in [-0.15, -0.1) is 0 Å². The van der Waals surface area contributed by atoms with Gasteiger partial charge in [0.1, 0.15) is 5.70 Å². The van der Waals surface area contributed by atoms with Crippen LogP contribution in [-0.2, 0) is 9.59 Å². The van der Waals surface area contributed by atoms with Crippen LogP contribution >= 0.6 is 0 Å². The number of imide groups is 1. The summed E-state index contributed by atoms with van der Waals surface area (Å²) in [4.78, 5) is 31.3. The molecule has 0 atom stereocenters. The lowest BCUT2D eigenvalue weighted by atomic mass is 9.95. The number of hydrogen-bond donors (Lipinski definition) is 0. The number of hydrogen-bond acceptors (Lipinski definition) is 3. The van der Waals surface area contributed by atoms with Gasteiger partial charge in [0, 0.05) is 19.1 Å². The Balaban J connectivity index is 1.73. The molecule has 30 heavy (non-hydrogen) atoms. The van der Waals surface area contributed by atoms with Crippen molar-refractivity contribution < 1.29 is 9.59 Å². The normalized spacial score (nSPS) is 22.6. The molecular weight excluding hydrogens is 372 g/mol. The highest BCUT2D eigenvalue weighted by Crippen LogP contribution is 2.37. The first-order valence-corrected chi connectivity index (χ1v) is 11.9. The summed E-state index contributed by atoms with van der Waals surface area (Å²) in [5, 5.41) is 0. The molecule has 0 spiro atoms. The number of carbonyl (C=O) groups excluding carboxylic acids is 2. The Kier molecular flexibility index (Phi) is 6.31. The predicted octanol–water partition coefficient (Wildman–Crippen LogP) is 5.23. The van der Waals surface area contributed by atoms with Gasteiger partial charge < -0.3 is 4.90 Å². The minimum atomic E-state index is -0.0672. The molecule has 0 unspecified atom stereocenters. The lowest BCUT2D eigenvalue weighted by molar-refractivity contribution is -0.140. The smallest absolute Gasteiger partial charge is 0.278 e. The molecule has 162 valence electrons. The molecule has 2 heterocycles. The van der Waals surface area contributed by atoms with E-state index in [0.29, 0.717) is 17.2 Å². The largest absolute Gasteiger partial charge is 0.366 e. The van der Waals surface area contributed by atoms with Crippen LogP contribution in [0.4, 0.5) is 0 Å². The number of piperidine rings is 1. The second-order valence-electron chi connectivity index (χ2n) is 9.67. The maximum atomic E-state index is 13.7. The molecule has 3 aliphatic rings. The van der Waals surface area contributed by atoms with Gasteiger partial charge in [-0.3, -0.25) is 14.5 Å². The summed E-state index contributed by atoms with van der Waals surface area (Å²) >= 11 is 0. The molecule has 1 aliphatic carbocycles. The molecule has 0 radical (unpaired) electrons. The lowest BCUT2D eigenvalue weighted by Crippen LogP contribution is -2.43. The average Bonchev–Trinajstić information content (AvgIpc) is 2.95. The molecule has 1 aromatic rings. The summed E-state index contributed by atoms with van der Waals surface area (Å²) in [7, 11) is 0. The number of rotatable bonds is 3. The van der Waals surface area contributed by atoms with Crippen molar-refractivity contribution in [1.82, 2.24) is 9.80 Å². The molecule has 1 saturated carbocycles. The van der Waals surface area contributed by atoms with Crippen LogP contribution in [0.5, 0.6) is 0 Å². The fraction of sp³-hybridized carbons (Fsp3) is 0.615. The fourth-order valence-electron chi connectivity index (χ4n) is 5.24. The van der Waals surface area contributed by atoms with Crippen molar-refractivity contribution in [3.8, 4) is 0 Å². The minimum absolute atomic E-state index is 0.0478. The first kappa shape index (κ1) is 21.1. The van der Waals surface area contributed by atoms with Crippen LogP contribution in [0.3, 0.4) is 0 Å². The number of likely N-dealkylation sites (tertiary alicyclic amines) is 1. The van der Waals surface area contributed by atoms with Crippen molar-refractivity contribution in [3.05, 3.63) is 40.6 Å². The zero-order valence-corrected chi connectivity index (χ0v) is 18.9. The highest BCUT2D eigenvalue weighted by molar-refractivity contribution is 6.35.